The van der Waals surface area contributed by atoms with Crippen LogP contribution in [0.5, 0.6) is 0 Å². The lowest BCUT2D eigenvalue weighted by Gasteiger charge is -2.21. The largest absolute Gasteiger partial charge is 0.373 e. The third-order valence-corrected chi connectivity index (χ3v) is 3.34. The van der Waals surface area contributed by atoms with E-state index in [2.05, 4.69) is 10.3 Å². The van der Waals surface area contributed by atoms with Gasteiger partial charge in [-0.05, 0) is 37.8 Å². The van der Waals surface area contributed by atoms with Crippen LogP contribution in [0.25, 0.3) is 0 Å². The summed E-state index contributed by atoms with van der Waals surface area (Å²) in [5.74, 6) is 1.34. The van der Waals surface area contributed by atoms with E-state index in [1.165, 1.54) is 12.8 Å². The molecule has 1 aliphatic carbocycles. The van der Waals surface area contributed by atoms with Gasteiger partial charge in [-0.15, -0.1) is 0 Å². The molecule has 1 aromatic rings. The molecular weight excluding hydrogens is 250 g/mol. The van der Waals surface area contributed by atoms with Crippen molar-refractivity contribution in [3.8, 4) is 0 Å². The van der Waals surface area contributed by atoms with Crippen LogP contribution in [0, 0.1) is 5.92 Å². The number of halogens is 1. The van der Waals surface area contributed by atoms with Crippen LogP contribution in [0.3, 0.4) is 0 Å². The zero-order valence-corrected chi connectivity index (χ0v) is 11.5. The molecule has 1 aromatic heterocycles. The Hall–Kier alpha value is -1.29. The van der Waals surface area contributed by atoms with Crippen LogP contribution >= 0.6 is 11.6 Å². The van der Waals surface area contributed by atoms with Crippen LogP contribution < -0.4 is 5.32 Å². The predicted molar refractivity (Wildman–Crippen MR) is 73.1 cm³/mol. The molecule has 5 heteroatoms. The average Bonchev–Trinajstić information content (AvgIpc) is 3.18. The number of nitrogens with one attached hydrogen (secondary N) is 1. The fourth-order valence-corrected chi connectivity index (χ4v) is 2.11. The van der Waals surface area contributed by atoms with E-state index in [0.717, 1.165) is 13.1 Å². The highest BCUT2D eigenvalue weighted by atomic mass is 35.5. The van der Waals surface area contributed by atoms with Gasteiger partial charge in [-0.25, -0.2) is 4.98 Å². The molecule has 0 unspecified atom stereocenters. The Morgan fingerprint density at radius 1 is 1.56 bits per heavy atom. The van der Waals surface area contributed by atoms with Gasteiger partial charge in [0, 0.05) is 25.7 Å². The smallest absolute Gasteiger partial charge is 0.254 e. The monoisotopic (exact) mass is 267 g/mol. The number of hydrogen-bond acceptors (Lipinski definition) is 3. The second-order valence-electron chi connectivity index (χ2n) is 4.60. The number of anilines is 1. The molecule has 0 aliphatic heterocycles. The lowest BCUT2D eigenvalue weighted by molar-refractivity contribution is 0.0757. The van der Waals surface area contributed by atoms with Gasteiger partial charge in [-0.1, -0.05) is 11.6 Å². The molecule has 0 spiro atoms. The maximum Gasteiger partial charge on any atom is 0.254 e. The van der Waals surface area contributed by atoms with Crippen LogP contribution in [-0.4, -0.2) is 35.9 Å². The van der Waals surface area contributed by atoms with Gasteiger partial charge in [0.1, 0.15) is 11.0 Å². The molecule has 1 fully saturated rings. The summed E-state index contributed by atoms with van der Waals surface area (Å²) in [7, 11) is 1.76. The van der Waals surface area contributed by atoms with Crippen molar-refractivity contribution in [2.75, 3.05) is 25.5 Å². The summed E-state index contributed by atoms with van der Waals surface area (Å²) in [5.41, 5.74) is 0.599. The molecule has 4 nitrogen and oxygen atoms in total. The van der Waals surface area contributed by atoms with Gasteiger partial charge in [0.05, 0.1) is 0 Å². The SMILES string of the molecule is CCN(CC1CC1)C(=O)c1cc(Cl)nc(NC)c1. The van der Waals surface area contributed by atoms with E-state index in [1.54, 1.807) is 19.2 Å². The summed E-state index contributed by atoms with van der Waals surface area (Å²) in [6, 6.07) is 3.37. The highest BCUT2D eigenvalue weighted by Gasteiger charge is 2.26. The van der Waals surface area contributed by atoms with Gasteiger partial charge in [0.25, 0.3) is 5.91 Å². The molecule has 1 heterocycles. The highest BCUT2D eigenvalue weighted by molar-refractivity contribution is 6.29. The molecule has 0 radical (unpaired) electrons. The van der Waals surface area contributed by atoms with Crippen molar-refractivity contribution >= 4 is 23.3 Å². The zero-order chi connectivity index (χ0) is 13.1. The number of nitrogens with zero attached hydrogens (tertiary/aromatic N) is 2. The summed E-state index contributed by atoms with van der Waals surface area (Å²) in [4.78, 5) is 18.3. The first-order chi connectivity index (χ1) is 8.63. The fraction of sp³-hybridized carbons (Fsp3) is 0.538. The van der Waals surface area contributed by atoms with Crippen LogP contribution in [0.4, 0.5) is 5.82 Å². The Bertz CT molecular complexity index is 446. The third kappa shape index (κ3) is 3.13. The molecule has 1 saturated carbocycles. The van der Waals surface area contributed by atoms with E-state index in [-0.39, 0.29) is 5.91 Å². The van der Waals surface area contributed by atoms with E-state index >= 15 is 0 Å². The van der Waals surface area contributed by atoms with Crippen molar-refractivity contribution in [2.45, 2.75) is 19.8 Å². The van der Waals surface area contributed by atoms with Crippen molar-refractivity contribution < 1.29 is 4.79 Å². The summed E-state index contributed by atoms with van der Waals surface area (Å²) < 4.78 is 0. The minimum absolute atomic E-state index is 0.0326. The summed E-state index contributed by atoms with van der Waals surface area (Å²) in [5, 5.41) is 3.25. The fourth-order valence-electron chi connectivity index (χ4n) is 1.90. The number of rotatable bonds is 5. The molecular formula is C13H18ClN3O. The van der Waals surface area contributed by atoms with Crippen molar-refractivity contribution in [1.82, 2.24) is 9.88 Å². The van der Waals surface area contributed by atoms with Crippen molar-refractivity contribution in [3.63, 3.8) is 0 Å². The number of aromatic nitrogens is 1. The van der Waals surface area contributed by atoms with Crippen LogP contribution in [0.1, 0.15) is 30.1 Å². The molecule has 1 aliphatic rings. The van der Waals surface area contributed by atoms with E-state index in [4.69, 9.17) is 11.6 Å². The van der Waals surface area contributed by atoms with Crippen molar-refractivity contribution in [2.24, 2.45) is 5.92 Å². The zero-order valence-electron chi connectivity index (χ0n) is 10.7. The van der Waals surface area contributed by atoms with Crippen molar-refractivity contribution in [1.29, 1.82) is 0 Å². The number of amides is 1. The van der Waals surface area contributed by atoms with Crippen LogP contribution in [-0.2, 0) is 0 Å². The van der Waals surface area contributed by atoms with E-state index in [9.17, 15) is 4.79 Å². The minimum Gasteiger partial charge on any atom is -0.373 e. The Kier molecular flexibility index (Phi) is 4.07. The second kappa shape index (κ2) is 5.57. The maximum atomic E-state index is 12.4. The molecule has 0 atom stereocenters. The Morgan fingerprint density at radius 3 is 2.83 bits per heavy atom. The first kappa shape index (κ1) is 13.1. The standard InChI is InChI=1S/C13H18ClN3O/c1-3-17(8-9-4-5-9)13(18)10-6-11(14)16-12(7-10)15-2/h6-7,9H,3-5,8H2,1-2H3,(H,15,16). The molecule has 2 rings (SSSR count). The second-order valence-corrected chi connectivity index (χ2v) is 4.99. The number of hydrogen-bond donors (Lipinski definition) is 1. The predicted octanol–water partition coefficient (Wildman–Crippen LogP) is 2.65. The first-order valence-electron chi connectivity index (χ1n) is 6.28. The van der Waals surface area contributed by atoms with E-state index in [1.807, 2.05) is 11.8 Å². The average molecular weight is 268 g/mol. The molecule has 98 valence electrons. The van der Waals surface area contributed by atoms with E-state index < -0.39 is 0 Å². The summed E-state index contributed by atoms with van der Waals surface area (Å²) in [6.07, 6.45) is 2.48. The van der Waals surface area contributed by atoms with Gasteiger partial charge in [-0.3, -0.25) is 4.79 Å². The number of carbonyl (C=O) groups is 1. The Morgan fingerprint density at radius 2 is 2.28 bits per heavy atom. The summed E-state index contributed by atoms with van der Waals surface area (Å²) >= 11 is 5.92. The normalized spacial score (nSPS) is 14.4. The molecule has 0 bridgehead atoms. The molecule has 1 amide bonds. The molecule has 1 N–H and O–H groups in total. The number of pyridine rings is 1. The van der Waals surface area contributed by atoms with Crippen LogP contribution in [0.2, 0.25) is 5.15 Å². The van der Waals surface area contributed by atoms with Gasteiger partial charge >= 0.3 is 0 Å². The van der Waals surface area contributed by atoms with Crippen molar-refractivity contribution in [3.05, 3.63) is 22.8 Å². The maximum absolute atomic E-state index is 12.4. The van der Waals surface area contributed by atoms with E-state index in [0.29, 0.717) is 22.5 Å². The minimum atomic E-state index is 0.0326. The van der Waals surface area contributed by atoms with Gasteiger partial charge < -0.3 is 10.2 Å². The lowest BCUT2D eigenvalue weighted by Crippen LogP contribution is -2.32. The Balaban J connectivity index is 2.17. The third-order valence-electron chi connectivity index (χ3n) is 3.14. The van der Waals surface area contributed by atoms with Gasteiger partial charge in [0.2, 0.25) is 0 Å². The van der Waals surface area contributed by atoms with Gasteiger partial charge in [-0.2, -0.15) is 0 Å². The summed E-state index contributed by atoms with van der Waals surface area (Å²) in [6.45, 7) is 3.58. The quantitative estimate of drug-likeness (QED) is 0.835. The Labute approximate surface area is 112 Å². The van der Waals surface area contributed by atoms with Crippen LogP contribution in [0.15, 0.2) is 12.1 Å². The molecule has 0 saturated heterocycles. The molecule has 18 heavy (non-hydrogen) atoms. The van der Waals surface area contributed by atoms with Gasteiger partial charge in [0.15, 0.2) is 0 Å². The number of carbonyl (C=O) groups excluding carboxylic acids is 1. The first-order valence-corrected chi connectivity index (χ1v) is 6.66. The topological polar surface area (TPSA) is 45.2 Å². The lowest BCUT2D eigenvalue weighted by atomic mass is 10.2. The molecule has 0 aromatic carbocycles. The highest BCUT2D eigenvalue weighted by Crippen LogP contribution is 2.30.